The van der Waals surface area contributed by atoms with Crippen LogP contribution in [0.15, 0.2) is 30.3 Å². The Labute approximate surface area is 127 Å². The van der Waals surface area contributed by atoms with E-state index in [1.807, 2.05) is 35.2 Å². The van der Waals surface area contributed by atoms with Gasteiger partial charge in [-0.3, -0.25) is 4.79 Å². The van der Waals surface area contributed by atoms with Crippen LogP contribution in [-0.4, -0.2) is 42.6 Å². The van der Waals surface area contributed by atoms with Crippen molar-refractivity contribution in [3.8, 4) is 0 Å². The molecule has 21 heavy (non-hydrogen) atoms. The van der Waals surface area contributed by atoms with Crippen LogP contribution in [0.2, 0.25) is 0 Å². The number of ether oxygens (including phenoxy) is 1. The molecule has 4 heteroatoms. The zero-order valence-corrected chi connectivity index (χ0v) is 13.0. The number of nitrogens with two attached hydrogens (primary N) is 1. The minimum absolute atomic E-state index is 0.0366. The highest BCUT2D eigenvalue weighted by molar-refractivity contribution is 5.82. The molecule has 0 spiro atoms. The SMILES string of the molecule is CC(C)COC1CCN(C(=O)[C@@H](N)Cc2ccccc2)C1. The van der Waals surface area contributed by atoms with E-state index >= 15 is 0 Å². The molecule has 1 fully saturated rings. The summed E-state index contributed by atoms with van der Waals surface area (Å²) in [5, 5.41) is 0. The van der Waals surface area contributed by atoms with Gasteiger partial charge in [-0.25, -0.2) is 0 Å². The van der Waals surface area contributed by atoms with E-state index in [1.54, 1.807) is 0 Å². The van der Waals surface area contributed by atoms with E-state index in [-0.39, 0.29) is 12.0 Å². The molecule has 1 aliphatic rings. The van der Waals surface area contributed by atoms with Gasteiger partial charge in [0, 0.05) is 19.7 Å². The van der Waals surface area contributed by atoms with Crippen molar-refractivity contribution in [3.63, 3.8) is 0 Å². The first kappa shape index (κ1) is 16.0. The summed E-state index contributed by atoms with van der Waals surface area (Å²) in [4.78, 5) is 14.2. The number of amides is 1. The Kier molecular flexibility index (Phi) is 5.76. The van der Waals surface area contributed by atoms with Crippen LogP contribution >= 0.6 is 0 Å². The van der Waals surface area contributed by atoms with Crippen LogP contribution < -0.4 is 5.73 Å². The smallest absolute Gasteiger partial charge is 0.239 e. The Balaban J connectivity index is 1.81. The van der Waals surface area contributed by atoms with Crippen molar-refractivity contribution < 1.29 is 9.53 Å². The summed E-state index contributed by atoms with van der Waals surface area (Å²) in [6.45, 7) is 6.45. The first-order chi connectivity index (χ1) is 10.1. The molecule has 0 radical (unpaired) electrons. The van der Waals surface area contributed by atoms with Crippen LogP contribution in [-0.2, 0) is 16.0 Å². The minimum Gasteiger partial charge on any atom is -0.376 e. The Morgan fingerprint density at radius 3 is 2.76 bits per heavy atom. The summed E-state index contributed by atoms with van der Waals surface area (Å²) in [6.07, 6.45) is 1.67. The van der Waals surface area contributed by atoms with Crippen molar-refractivity contribution >= 4 is 5.91 Å². The average Bonchev–Trinajstić information content (AvgIpc) is 2.94. The molecule has 1 amide bonds. The van der Waals surface area contributed by atoms with Gasteiger partial charge < -0.3 is 15.4 Å². The third-order valence-electron chi connectivity index (χ3n) is 3.74. The van der Waals surface area contributed by atoms with Crippen LogP contribution in [0.25, 0.3) is 0 Å². The summed E-state index contributed by atoms with van der Waals surface area (Å²) < 4.78 is 5.81. The van der Waals surface area contributed by atoms with Crippen LogP contribution in [0.3, 0.4) is 0 Å². The highest BCUT2D eigenvalue weighted by Crippen LogP contribution is 2.15. The number of likely N-dealkylation sites (tertiary alicyclic amines) is 1. The first-order valence-electron chi connectivity index (χ1n) is 7.76. The molecule has 0 bridgehead atoms. The zero-order chi connectivity index (χ0) is 15.2. The number of benzene rings is 1. The van der Waals surface area contributed by atoms with Crippen molar-refractivity contribution in [2.75, 3.05) is 19.7 Å². The highest BCUT2D eigenvalue weighted by atomic mass is 16.5. The van der Waals surface area contributed by atoms with E-state index in [9.17, 15) is 4.79 Å². The molecule has 2 atom stereocenters. The molecule has 1 aliphatic heterocycles. The maximum atomic E-state index is 12.4. The van der Waals surface area contributed by atoms with Gasteiger partial charge in [-0.15, -0.1) is 0 Å². The average molecular weight is 290 g/mol. The number of carbonyl (C=O) groups excluding carboxylic acids is 1. The molecule has 0 saturated carbocycles. The number of hydrogen-bond acceptors (Lipinski definition) is 3. The lowest BCUT2D eigenvalue weighted by molar-refractivity contribution is -0.132. The van der Waals surface area contributed by atoms with Gasteiger partial charge in [0.15, 0.2) is 0 Å². The molecule has 116 valence electrons. The molecule has 0 aliphatic carbocycles. The number of hydrogen-bond donors (Lipinski definition) is 1. The summed E-state index contributed by atoms with van der Waals surface area (Å²) in [6, 6.07) is 9.46. The van der Waals surface area contributed by atoms with Crippen molar-refractivity contribution in [3.05, 3.63) is 35.9 Å². The lowest BCUT2D eigenvalue weighted by atomic mass is 10.1. The van der Waals surface area contributed by atoms with Gasteiger partial charge in [0.05, 0.1) is 12.1 Å². The van der Waals surface area contributed by atoms with Gasteiger partial charge in [-0.2, -0.15) is 0 Å². The highest BCUT2D eigenvalue weighted by Gasteiger charge is 2.29. The van der Waals surface area contributed by atoms with Crippen molar-refractivity contribution in [1.82, 2.24) is 4.90 Å². The van der Waals surface area contributed by atoms with Gasteiger partial charge in [0.2, 0.25) is 5.91 Å². The summed E-state index contributed by atoms with van der Waals surface area (Å²) >= 11 is 0. The number of nitrogens with zero attached hydrogens (tertiary/aromatic N) is 1. The predicted molar refractivity (Wildman–Crippen MR) is 83.9 cm³/mol. The second kappa shape index (κ2) is 7.57. The lowest BCUT2D eigenvalue weighted by Crippen LogP contribution is -2.44. The maximum Gasteiger partial charge on any atom is 0.239 e. The van der Waals surface area contributed by atoms with E-state index in [4.69, 9.17) is 10.5 Å². The van der Waals surface area contributed by atoms with Gasteiger partial charge in [0.1, 0.15) is 0 Å². The number of carbonyl (C=O) groups is 1. The summed E-state index contributed by atoms with van der Waals surface area (Å²) in [5.74, 6) is 0.560. The normalized spacial score (nSPS) is 20.0. The molecule has 1 aromatic rings. The number of rotatable bonds is 6. The third kappa shape index (κ3) is 4.83. The summed E-state index contributed by atoms with van der Waals surface area (Å²) in [7, 11) is 0. The predicted octanol–water partition coefficient (Wildman–Crippen LogP) is 1.83. The van der Waals surface area contributed by atoms with Crippen LogP contribution in [0.5, 0.6) is 0 Å². The van der Waals surface area contributed by atoms with Gasteiger partial charge in [0.25, 0.3) is 0 Å². The second-order valence-corrected chi connectivity index (χ2v) is 6.22. The maximum absolute atomic E-state index is 12.4. The van der Waals surface area contributed by atoms with Gasteiger partial charge >= 0.3 is 0 Å². The summed E-state index contributed by atoms with van der Waals surface area (Å²) in [5.41, 5.74) is 7.17. The monoisotopic (exact) mass is 290 g/mol. The topological polar surface area (TPSA) is 55.6 Å². The van der Waals surface area contributed by atoms with Crippen molar-refractivity contribution in [1.29, 1.82) is 0 Å². The minimum atomic E-state index is -0.462. The lowest BCUT2D eigenvalue weighted by Gasteiger charge is -2.21. The van der Waals surface area contributed by atoms with Crippen LogP contribution in [0, 0.1) is 5.92 Å². The van der Waals surface area contributed by atoms with Crippen molar-refractivity contribution in [2.45, 2.75) is 38.8 Å². The molecule has 0 aromatic heterocycles. The van der Waals surface area contributed by atoms with Crippen molar-refractivity contribution in [2.24, 2.45) is 11.7 Å². The Morgan fingerprint density at radius 2 is 2.10 bits per heavy atom. The fourth-order valence-corrected chi connectivity index (χ4v) is 2.58. The van der Waals surface area contributed by atoms with E-state index in [1.165, 1.54) is 0 Å². The van der Waals surface area contributed by atoms with Crippen LogP contribution in [0.4, 0.5) is 0 Å². The molecule has 1 saturated heterocycles. The molecule has 2 rings (SSSR count). The fraction of sp³-hybridized carbons (Fsp3) is 0.588. The fourth-order valence-electron chi connectivity index (χ4n) is 2.58. The third-order valence-corrected chi connectivity index (χ3v) is 3.74. The van der Waals surface area contributed by atoms with E-state index in [0.717, 1.165) is 25.1 Å². The molecule has 2 N–H and O–H groups in total. The zero-order valence-electron chi connectivity index (χ0n) is 13.0. The van der Waals surface area contributed by atoms with E-state index in [2.05, 4.69) is 13.8 Å². The molecular formula is C17H26N2O2. The quantitative estimate of drug-likeness (QED) is 0.869. The molecule has 4 nitrogen and oxygen atoms in total. The van der Waals surface area contributed by atoms with E-state index < -0.39 is 6.04 Å². The molecule has 1 unspecified atom stereocenters. The molecule has 1 aromatic carbocycles. The van der Waals surface area contributed by atoms with E-state index in [0.29, 0.717) is 18.9 Å². The second-order valence-electron chi connectivity index (χ2n) is 6.22. The Morgan fingerprint density at radius 1 is 1.38 bits per heavy atom. The van der Waals surface area contributed by atoms with Gasteiger partial charge in [-0.1, -0.05) is 44.2 Å². The molecule has 1 heterocycles. The standard InChI is InChI=1S/C17H26N2O2/c1-13(2)12-21-15-8-9-19(11-15)17(20)16(18)10-14-6-4-3-5-7-14/h3-7,13,15-16H,8-12,18H2,1-2H3/t15?,16-/m0/s1. The first-order valence-corrected chi connectivity index (χ1v) is 7.76. The Hall–Kier alpha value is -1.39. The van der Waals surface area contributed by atoms with Crippen LogP contribution in [0.1, 0.15) is 25.8 Å². The largest absolute Gasteiger partial charge is 0.376 e. The Bertz CT molecular complexity index is 447. The van der Waals surface area contributed by atoms with Gasteiger partial charge in [-0.05, 0) is 24.3 Å². The molecular weight excluding hydrogens is 264 g/mol.